The summed E-state index contributed by atoms with van der Waals surface area (Å²) in [5.74, 6) is 0.613. The van der Waals surface area contributed by atoms with Gasteiger partial charge < -0.3 is 30.5 Å². The summed E-state index contributed by atoms with van der Waals surface area (Å²) in [7, 11) is 1.58. The number of nitrogens with two attached hydrogens (primary N) is 1. The molecule has 3 heterocycles. The van der Waals surface area contributed by atoms with Crippen molar-refractivity contribution in [2.24, 2.45) is 10.8 Å². The average molecular weight is 580 g/mol. The molecule has 0 aliphatic carbocycles. The lowest BCUT2D eigenvalue weighted by atomic mass is 10.2. The molecule has 2 aliphatic rings. The summed E-state index contributed by atoms with van der Waals surface area (Å²) in [6, 6.07) is 9.54. The van der Waals surface area contributed by atoms with Crippen LogP contribution in [0.5, 0.6) is 11.5 Å². The summed E-state index contributed by atoms with van der Waals surface area (Å²) in [6.07, 6.45) is 5.56. The van der Waals surface area contributed by atoms with Crippen molar-refractivity contribution in [3.05, 3.63) is 60.4 Å². The number of amides is 1. The van der Waals surface area contributed by atoms with Crippen molar-refractivity contribution in [2.75, 3.05) is 71.5 Å². The Kier molecular flexibility index (Phi) is 9.22. The molecule has 0 saturated carbocycles. The minimum Gasteiger partial charge on any atom is -0.493 e. The molecule has 42 heavy (non-hydrogen) atoms. The monoisotopic (exact) mass is 579 g/mol. The fourth-order valence-electron chi connectivity index (χ4n) is 5.22. The lowest BCUT2D eigenvalue weighted by Crippen LogP contribution is -2.47. The van der Waals surface area contributed by atoms with Crippen LogP contribution in [0, 0.1) is 5.82 Å². The van der Waals surface area contributed by atoms with Gasteiger partial charge in [-0.15, -0.1) is 4.59 Å². The van der Waals surface area contributed by atoms with Gasteiger partial charge in [0, 0.05) is 62.9 Å². The number of quaternary nitrogens is 1. The Morgan fingerprint density at radius 3 is 2.62 bits per heavy atom. The zero-order valence-electron chi connectivity index (χ0n) is 23.6. The molecule has 222 valence electrons. The molecule has 12 nitrogen and oxygen atoms in total. The van der Waals surface area contributed by atoms with Gasteiger partial charge in [-0.05, 0) is 18.6 Å². The summed E-state index contributed by atoms with van der Waals surface area (Å²) in [5.41, 5.74) is 7.19. The van der Waals surface area contributed by atoms with Gasteiger partial charge in [-0.2, -0.15) is 0 Å². The first-order chi connectivity index (χ1) is 20.4. The summed E-state index contributed by atoms with van der Waals surface area (Å²) >= 11 is 0. The van der Waals surface area contributed by atoms with Crippen molar-refractivity contribution in [1.82, 2.24) is 24.4 Å². The van der Waals surface area contributed by atoms with Gasteiger partial charge >= 0.3 is 0 Å². The van der Waals surface area contributed by atoms with E-state index in [1.54, 1.807) is 31.7 Å². The maximum absolute atomic E-state index is 14.0. The number of nitrogens with zero attached hydrogens (tertiary/aromatic N) is 6. The molecule has 1 atom stereocenters. The van der Waals surface area contributed by atoms with Gasteiger partial charge in [-0.1, -0.05) is 11.2 Å². The third-order valence-corrected chi connectivity index (χ3v) is 7.35. The third kappa shape index (κ3) is 6.82. The number of carbonyl (C=O) groups excluding carboxylic acids is 1. The SMILES string of the molecule is COc1cc2c(NC3=C[N+](CC(N)=O)(c4cccc(F)c4)N=C3)ncnc2cc1OCCCN1CCN(CCO)CC1. The lowest BCUT2D eigenvalue weighted by molar-refractivity contribution is -0.118. The van der Waals surface area contributed by atoms with Gasteiger partial charge in [0.2, 0.25) is 0 Å². The molecule has 1 saturated heterocycles. The number of nitrogens with one attached hydrogen (secondary N) is 1. The number of anilines is 1. The van der Waals surface area contributed by atoms with E-state index in [4.69, 9.17) is 20.3 Å². The number of ether oxygens (including phenoxy) is 2. The Morgan fingerprint density at radius 1 is 1.12 bits per heavy atom. The van der Waals surface area contributed by atoms with Gasteiger partial charge in [0.25, 0.3) is 5.91 Å². The molecule has 13 heteroatoms. The molecule has 4 N–H and O–H groups in total. The van der Waals surface area contributed by atoms with E-state index in [1.807, 2.05) is 12.1 Å². The number of aromatic nitrogens is 2. The van der Waals surface area contributed by atoms with Crippen LogP contribution in [0.15, 0.2) is 59.7 Å². The predicted molar refractivity (Wildman–Crippen MR) is 159 cm³/mol. The highest BCUT2D eigenvalue weighted by Gasteiger charge is 2.36. The van der Waals surface area contributed by atoms with Crippen LogP contribution >= 0.6 is 0 Å². The lowest BCUT2D eigenvalue weighted by Gasteiger charge is -2.34. The molecule has 3 aromatic rings. The first-order valence-electron chi connectivity index (χ1n) is 13.9. The van der Waals surface area contributed by atoms with Crippen molar-refractivity contribution in [1.29, 1.82) is 0 Å². The van der Waals surface area contributed by atoms with Crippen molar-refractivity contribution in [3.8, 4) is 11.5 Å². The number of methoxy groups -OCH3 is 1. The molecule has 1 aromatic heterocycles. The molecular weight excluding hydrogens is 543 g/mol. The highest BCUT2D eigenvalue weighted by Crippen LogP contribution is 2.35. The molecular formula is C29H36FN8O4+. The van der Waals surface area contributed by atoms with E-state index in [-0.39, 0.29) is 17.7 Å². The largest absolute Gasteiger partial charge is 0.493 e. The van der Waals surface area contributed by atoms with Crippen LogP contribution in [-0.4, -0.2) is 103 Å². The van der Waals surface area contributed by atoms with Crippen LogP contribution in [0.3, 0.4) is 0 Å². The smallest absolute Gasteiger partial charge is 0.276 e. The topological polar surface area (TPSA) is 138 Å². The number of aliphatic hydroxyl groups excluding tert-OH is 1. The van der Waals surface area contributed by atoms with Gasteiger partial charge in [0.05, 0.1) is 25.8 Å². The zero-order valence-corrected chi connectivity index (χ0v) is 23.6. The molecule has 1 amide bonds. The number of hydrogen-bond donors (Lipinski definition) is 3. The molecule has 5 rings (SSSR count). The number of aliphatic hydroxyl groups is 1. The molecule has 0 spiro atoms. The Balaban J connectivity index is 1.28. The van der Waals surface area contributed by atoms with Crippen LogP contribution in [0.25, 0.3) is 10.9 Å². The maximum atomic E-state index is 14.0. The number of carbonyl (C=O) groups is 1. The Hall–Kier alpha value is -4.17. The first kappa shape index (κ1) is 29.3. The first-order valence-corrected chi connectivity index (χ1v) is 13.9. The van der Waals surface area contributed by atoms with Gasteiger partial charge in [-0.25, -0.2) is 14.4 Å². The fourth-order valence-corrected chi connectivity index (χ4v) is 5.22. The standard InChI is InChI=1S/C29H35FN8O4/c1-41-26-15-24-25(16-27(26)42-13-3-6-36-7-9-37(10-8-36)11-12-39)32-20-33-29(24)35-22-17-34-38(18-22,19-28(31)40)23-5-2-4-21(30)14-23/h2,4-5,14-18,20,39H,3,6-13,19H2,1H3,(H2-,31,32,33,35,40)/p+1. The fraction of sp³-hybridized carbons (Fsp3) is 0.379. The van der Waals surface area contributed by atoms with Crippen LogP contribution in [0.1, 0.15) is 6.42 Å². The van der Waals surface area contributed by atoms with Crippen molar-refractivity contribution in [3.63, 3.8) is 0 Å². The number of primary amides is 1. The van der Waals surface area contributed by atoms with E-state index < -0.39 is 11.7 Å². The number of allylic oxidation sites excluding steroid dienone is 1. The summed E-state index contributed by atoms with van der Waals surface area (Å²) < 4.78 is 25.4. The second-order valence-corrected chi connectivity index (χ2v) is 10.2. The van der Waals surface area contributed by atoms with E-state index >= 15 is 0 Å². The molecule has 2 aromatic carbocycles. The minimum atomic E-state index is -0.584. The highest BCUT2D eigenvalue weighted by molar-refractivity contribution is 5.96. The normalized spacial score (nSPS) is 19.2. The highest BCUT2D eigenvalue weighted by atomic mass is 19.1. The number of piperazine rings is 1. The van der Waals surface area contributed by atoms with Crippen LogP contribution in [0.2, 0.25) is 0 Å². The number of fused-ring (bicyclic) bond motifs is 1. The quantitative estimate of drug-likeness (QED) is 0.205. The van der Waals surface area contributed by atoms with Crippen LogP contribution in [0.4, 0.5) is 15.9 Å². The number of β-amino-alcohol motifs (C(OH)–C–C–N with tert-alkyl or cyclic N) is 1. The van der Waals surface area contributed by atoms with E-state index in [0.717, 1.165) is 45.7 Å². The summed E-state index contributed by atoms with van der Waals surface area (Å²) in [4.78, 5) is 25.4. The van der Waals surface area contributed by atoms with Crippen LogP contribution in [-0.2, 0) is 4.79 Å². The molecule has 0 radical (unpaired) electrons. The third-order valence-electron chi connectivity index (χ3n) is 7.35. The Morgan fingerprint density at radius 2 is 1.90 bits per heavy atom. The average Bonchev–Trinajstić information content (AvgIpc) is 3.38. The minimum absolute atomic E-state index is 0.176. The second kappa shape index (κ2) is 13.2. The number of hydrogen-bond acceptors (Lipinski definition) is 10. The molecule has 1 unspecified atom stereocenters. The number of rotatable bonds is 13. The summed E-state index contributed by atoms with van der Waals surface area (Å²) in [6.45, 7) is 6.11. The summed E-state index contributed by atoms with van der Waals surface area (Å²) in [5, 5.41) is 17.6. The van der Waals surface area contributed by atoms with Crippen molar-refractivity contribution < 1.29 is 23.8 Å². The van der Waals surface area contributed by atoms with Crippen molar-refractivity contribution >= 4 is 34.5 Å². The number of benzene rings is 2. The van der Waals surface area contributed by atoms with E-state index in [0.29, 0.717) is 46.2 Å². The molecule has 2 aliphatic heterocycles. The zero-order chi connectivity index (χ0) is 29.5. The van der Waals surface area contributed by atoms with E-state index in [2.05, 4.69) is 30.2 Å². The van der Waals surface area contributed by atoms with Gasteiger partial charge in [-0.3, -0.25) is 9.69 Å². The van der Waals surface area contributed by atoms with E-state index in [1.165, 1.54) is 18.5 Å². The Bertz CT molecular complexity index is 1480. The van der Waals surface area contributed by atoms with Crippen LogP contribution < -0.4 is 25.1 Å². The van der Waals surface area contributed by atoms with E-state index in [9.17, 15) is 9.18 Å². The number of halogens is 1. The second-order valence-electron chi connectivity index (χ2n) is 10.2. The molecule has 1 fully saturated rings. The maximum Gasteiger partial charge on any atom is 0.276 e. The Labute approximate surface area is 243 Å². The van der Waals surface area contributed by atoms with Gasteiger partial charge in [0.15, 0.2) is 29.9 Å². The predicted octanol–water partition coefficient (Wildman–Crippen LogP) is 1.90. The van der Waals surface area contributed by atoms with Gasteiger partial charge in [0.1, 0.15) is 29.9 Å². The van der Waals surface area contributed by atoms with Crippen molar-refractivity contribution in [2.45, 2.75) is 6.42 Å². The molecule has 0 bridgehead atoms.